The minimum atomic E-state index is 0.553. The third-order valence-electron chi connectivity index (χ3n) is 0.972. The third-order valence-corrected chi connectivity index (χ3v) is 0.972. The van der Waals surface area contributed by atoms with E-state index in [1.807, 2.05) is 0 Å². The molecule has 2 aromatic heterocycles. The number of aromatic nitrogens is 5. The molecule has 2 heterocycles. The van der Waals surface area contributed by atoms with Crippen LogP contribution >= 0.6 is 0 Å². The van der Waals surface area contributed by atoms with Gasteiger partial charge >= 0.3 is 0 Å². The number of nitrogens with one attached hydrogen (secondary N) is 1. The van der Waals surface area contributed by atoms with Crippen LogP contribution in [0.3, 0.4) is 0 Å². The maximum Gasteiger partial charge on any atom is 0.220 e. The minimum absolute atomic E-state index is 0.553. The summed E-state index contributed by atoms with van der Waals surface area (Å²) in [6.45, 7) is 0. The highest BCUT2D eigenvalue weighted by Gasteiger charge is 1.94. The number of hydrogen-bond acceptors (Lipinski definition) is 4. The molecule has 0 aliphatic carbocycles. The van der Waals surface area contributed by atoms with Gasteiger partial charge < -0.3 is 0 Å². The van der Waals surface area contributed by atoms with Crippen LogP contribution in [-0.2, 0) is 0 Å². The fourth-order valence-electron chi connectivity index (χ4n) is 0.601. The van der Waals surface area contributed by atoms with Crippen molar-refractivity contribution in [2.24, 2.45) is 0 Å². The predicted molar refractivity (Wildman–Crippen MR) is 29.5 cm³/mol. The second-order valence-electron chi connectivity index (χ2n) is 1.53. The molecule has 2 rings (SSSR count). The summed E-state index contributed by atoms with van der Waals surface area (Å²) in [7, 11) is 0. The van der Waals surface area contributed by atoms with Gasteiger partial charge in [0, 0.05) is 12.4 Å². The number of fused-ring (bicyclic) bond motifs is 1. The Kier molecular flexibility index (Phi) is 0.717. The van der Waals surface area contributed by atoms with E-state index in [2.05, 4.69) is 25.4 Å². The van der Waals surface area contributed by atoms with Crippen LogP contribution in [-0.4, -0.2) is 25.4 Å². The summed E-state index contributed by atoms with van der Waals surface area (Å²) in [5.41, 5.74) is 1.11. The van der Waals surface area contributed by atoms with Gasteiger partial charge in [0.1, 0.15) is 0 Å². The van der Waals surface area contributed by atoms with Gasteiger partial charge in [-0.2, -0.15) is 5.21 Å². The van der Waals surface area contributed by atoms with Crippen LogP contribution in [0, 0.1) is 0 Å². The second-order valence-corrected chi connectivity index (χ2v) is 1.53. The number of rotatable bonds is 0. The summed E-state index contributed by atoms with van der Waals surface area (Å²) >= 11 is 0. The highest BCUT2D eigenvalue weighted by molar-refractivity contribution is 5.61. The molecule has 0 saturated heterocycles. The molecule has 0 aliphatic heterocycles. The molecule has 0 unspecified atom stereocenters. The highest BCUT2D eigenvalue weighted by atomic mass is 15.4. The van der Waals surface area contributed by atoms with Crippen LogP contribution in [0.15, 0.2) is 12.4 Å². The normalized spacial score (nSPS) is 10.2. The molecule has 0 saturated carbocycles. The first kappa shape index (κ1) is 4.37. The molecule has 0 atom stereocenters. The van der Waals surface area contributed by atoms with E-state index in [9.17, 15) is 0 Å². The lowest BCUT2D eigenvalue weighted by atomic mass is 10.7. The highest BCUT2D eigenvalue weighted by Crippen LogP contribution is 1.94. The first-order valence-electron chi connectivity index (χ1n) is 2.44. The SMILES string of the molecule is c1cnc2n[nH]nc2n1. The molecule has 0 radical (unpaired) electrons. The quantitative estimate of drug-likeness (QED) is 0.521. The first-order chi connectivity index (χ1) is 4.47. The molecule has 0 aromatic carbocycles. The number of hydrogen-bond donors (Lipinski definition) is 1. The second kappa shape index (κ2) is 1.48. The van der Waals surface area contributed by atoms with Gasteiger partial charge in [0.2, 0.25) is 11.3 Å². The van der Waals surface area contributed by atoms with E-state index in [-0.39, 0.29) is 0 Å². The van der Waals surface area contributed by atoms with Crippen molar-refractivity contribution in [2.45, 2.75) is 0 Å². The lowest BCUT2D eigenvalue weighted by Crippen LogP contribution is -1.77. The Labute approximate surface area is 50.1 Å². The van der Waals surface area contributed by atoms with E-state index in [0.717, 1.165) is 0 Å². The fraction of sp³-hybridized carbons (Fsp3) is 0. The molecule has 2 aromatic rings. The third kappa shape index (κ3) is 0.543. The molecular formula is C4H3N5. The standard InChI is InChI=1S/C4H3N5/c1-2-6-4-3(5-1)7-9-8-4/h1-2H,(H,5,6,7,8,9). The van der Waals surface area contributed by atoms with Crippen LogP contribution in [0.25, 0.3) is 11.3 Å². The van der Waals surface area contributed by atoms with Gasteiger partial charge in [0.25, 0.3) is 0 Å². The fourth-order valence-corrected chi connectivity index (χ4v) is 0.601. The van der Waals surface area contributed by atoms with E-state index >= 15 is 0 Å². The zero-order chi connectivity index (χ0) is 6.10. The van der Waals surface area contributed by atoms with E-state index < -0.39 is 0 Å². The summed E-state index contributed by atoms with van der Waals surface area (Å²) < 4.78 is 0. The van der Waals surface area contributed by atoms with Gasteiger partial charge in [0.15, 0.2) is 0 Å². The van der Waals surface area contributed by atoms with Gasteiger partial charge in [-0.05, 0) is 0 Å². The van der Waals surface area contributed by atoms with Gasteiger partial charge in [-0.3, -0.25) is 0 Å². The number of H-pyrrole nitrogens is 1. The zero-order valence-electron chi connectivity index (χ0n) is 4.44. The molecule has 0 amide bonds. The first-order valence-corrected chi connectivity index (χ1v) is 2.44. The molecule has 1 N–H and O–H groups in total. The number of nitrogens with zero attached hydrogens (tertiary/aromatic N) is 4. The molecule has 9 heavy (non-hydrogen) atoms. The van der Waals surface area contributed by atoms with E-state index in [0.29, 0.717) is 11.3 Å². The minimum Gasteiger partial charge on any atom is -0.231 e. The topological polar surface area (TPSA) is 67.3 Å². The molecule has 5 heteroatoms. The summed E-state index contributed by atoms with van der Waals surface area (Å²) in [5, 5.41) is 9.83. The van der Waals surface area contributed by atoms with Crippen LogP contribution in [0.4, 0.5) is 0 Å². The van der Waals surface area contributed by atoms with Crippen molar-refractivity contribution in [2.75, 3.05) is 0 Å². The van der Waals surface area contributed by atoms with Crippen LogP contribution < -0.4 is 0 Å². The maximum atomic E-state index is 3.87. The zero-order valence-corrected chi connectivity index (χ0v) is 4.44. The average molecular weight is 121 g/mol. The van der Waals surface area contributed by atoms with Gasteiger partial charge in [-0.1, -0.05) is 0 Å². The Hall–Kier alpha value is -1.52. The Morgan fingerprint density at radius 3 is 2.11 bits per heavy atom. The smallest absolute Gasteiger partial charge is 0.220 e. The average Bonchev–Trinajstić information content (AvgIpc) is 2.33. The van der Waals surface area contributed by atoms with Gasteiger partial charge in [0.05, 0.1) is 0 Å². The monoisotopic (exact) mass is 121 g/mol. The van der Waals surface area contributed by atoms with E-state index in [1.54, 1.807) is 12.4 Å². The van der Waals surface area contributed by atoms with Crippen molar-refractivity contribution in [3.8, 4) is 0 Å². The van der Waals surface area contributed by atoms with E-state index in [4.69, 9.17) is 0 Å². The Morgan fingerprint density at radius 1 is 1.00 bits per heavy atom. The lowest BCUT2D eigenvalue weighted by Gasteiger charge is -1.77. The number of aromatic amines is 1. The molecule has 0 spiro atoms. The van der Waals surface area contributed by atoms with E-state index in [1.165, 1.54) is 0 Å². The predicted octanol–water partition coefficient (Wildman–Crippen LogP) is -0.252. The van der Waals surface area contributed by atoms with Crippen LogP contribution in [0.5, 0.6) is 0 Å². The van der Waals surface area contributed by atoms with Crippen LogP contribution in [0.1, 0.15) is 0 Å². The van der Waals surface area contributed by atoms with Crippen molar-refractivity contribution < 1.29 is 0 Å². The Balaban J connectivity index is 2.95. The van der Waals surface area contributed by atoms with Crippen molar-refractivity contribution in [1.82, 2.24) is 25.4 Å². The van der Waals surface area contributed by atoms with Crippen LogP contribution in [0.2, 0.25) is 0 Å². The van der Waals surface area contributed by atoms with Crippen molar-refractivity contribution >= 4 is 11.3 Å². The Morgan fingerprint density at radius 2 is 1.56 bits per heavy atom. The largest absolute Gasteiger partial charge is 0.231 e. The summed E-state index contributed by atoms with van der Waals surface area (Å²) in [6, 6.07) is 0. The van der Waals surface area contributed by atoms with Crippen molar-refractivity contribution in [3.05, 3.63) is 12.4 Å². The molecular weight excluding hydrogens is 118 g/mol. The van der Waals surface area contributed by atoms with Crippen molar-refractivity contribution in [1.29, 1.82) is 0 Å². The van der Waals surface area contributed by atoms with Gasteiger partial charge in [-0.25, -0.2) is 9.97 Å². The van der Waals surface area contributed by atoms with Crippen molar-refractivity contribution in [3.63, 3.8) is 0 Å². The summed E-state index contributed by atoms with van der Waals surface area (Å²) in [5.74, 6) is 0. The summed E-state index contributed by atoms with van der Waals surface area (Å²) in [4.78, 5) is 7.75. The molecule has 0 fully saturated rings. The Bertz CT molecular complexity index is 283. The lowest BCUT2D eigenvalue weighted by molar-refractivity contribution is 0.951. The summed E-state index contributed by atoms with van der Waals surface area (Å²) in [6.07, 6.45) is 3.15. The molecule has 0 bridgehead atoms. The molecule has 44 valence electrons. The maximum absolute atomic E-state index is 3.87. The molecule has 0 aliphatic rings. The van der Waals surface area contributed by atoms with Gasteiger partial charge in [-0.15, -0.1) is 10.2 Å². The molecule has 5 nitrogen and oxygen atoms in total.